The molecule has 106 valence electrons. The summed E-state index contributed by atoms with van der Waals surface area (Å²) < 4.78 is 0. The van der Waals surface area contributed by atoms with E-state index in [0.717, 1.165) is 16.5 Å². The fourth-order valence-corrected chi connectivity index (χ4v) is 2.84. The van der Waals surface area contributed by atoms with Crippen LogP contribution >= 0.6 is 23.4 Å². The summed E-state index contributed by atoms with van der Waals surface area (Å²) in [6.07, 6.45) is 0. The van der Waals surface area contributed by atoms with Crippen LogP contribution in [0.1, 0.15) is 26.3 Å². The van der Waals surface area contributed by atoms with Crippen LogP contribution in [0.5, 0.6) is 0 Å². The molecule has 1 N–H and O–H groups in total. The summed E-state index contributed by atoms with van der Waals surface area (Å²) in [5.41, 5.74) is 1.45. The normalized spacial score (nSPS) is 11.6. The first-order valence-electron chi connectivity index (χ1n) is 6.70. The van der Waals surface area contributed by atoms with Crippen LogP contribution in [0.15, 0.2) is 58.3 Å². The van der Waals surface area contributed by atoms with E-state index in [2.05, 4.69) is 56.4 Å². The minimum absolute atomic E-state index is 0.147. The molecule has 0 heterocycles. The van der Waals surface area contributed by atoms with Gasteiger partial charge in [0.2, 0.25) is 0 Å². The Labute approximate surface area is 130 Å². The Balaban J connectivity index is 1.98. The minimum Gasteiger partial charge on any atom is -0.308 e. The van der Waals surface area contributed by atoms with Crippen LogP contribution < -0.4 is 5.32 Å². The molecule has 20 heavy (non-hydrogen) atoms. The zero-order valence-electron chi connectivity index (χ0n) is 12.1. The van der Waals surface area contributed by atoms with E-state index in [-0.39, 0.29) is 5.54 Å². The number of benzene rings is 2. The average Bonchev–Trinajstić information content (AvgIpc) is 2.37. The van der Waals surface area contributed by atoms with E-state index in [0.29, 0.717) is 0 Å². The molecule has 0 unspecified atom stereocenters. The van der Waals surface area contributed by atoms with Crippen LogP contribution in [0.3, 0.4) is 0 Å². The standard InChI is InChI=1S/C17H20ClNS/c1-17(2,3)19-12-13-7-9-15(10-8-13)20-16-6-4-5-14(18)11-16/h4-11,19H,12H2,1-3H3. The molecule has 0 radical (unpaired) electrons. The Bertz CT molecular complexity index is 558. The Hall–Kier alpha value is -0.960. The summed E-state index contributed by atoms with van der Waals surface area (Å²) in [5, 5.41) is 4.27. The van der Waals surface area contributed by atoms with Crippen molar-refractivity contribution in [3.8, 4) is 0 Å². The van der Waals surface area contributed by atoms with Gasteiger partial charge in [-0.2, -0.15) is 0 Å². The second-order valence-corrected chi connectivity index (χ2v) is 7.39. The summed E-state index contributed by atoms with van der Waals surface area (Å²) in [5.74, 6) is 0. The van der Waals surface area contributed by atoms with Crippen molar-refractivity contribution in [2.75, 3.05) is 0 Å². The molecule has 3 heteroatoms. The van der Waals surface area contributed by atoms with Crippen molar-refractivity contribution in [1.29, 1.82) is 0 Å². The number of rotatable bonds is 4. The van der Waals surface area contributed by atoms with Crippen LogP contribution in [0.25, 0.3) is 0 Å². The van der Waals surface area contributed by atoms with Gasteiger partial charge in [0.15, 0.2) is 0 Å². The number of nitrogens with one attached hydrogen (secondary N) is 1. The molecular weight excluding hydrogens is 286 g/mol. The molecule has 0 aromatic heterocycles. The van der Waals surface area contributed by atoms with Crippen LogP contribution in [0, 0.1) is 0 Å². The Morgan fingerprint density at radius 3 is 2.30 bits per heavy atom. The van der Waals surface area contributed by atoms with Gasteiger partial charge in [-0.25, -0.2) is 0 Å². The lowest BCUT2D eigenvalue weighted by atomic mass is 10.1. The summed E-state index contributed by atoms with van der Waals surface area (Å²) in [6.45, 7) is 7.43. The molecule has 0 atom stereocenters. The van der Waals surface area contributed by atoms with Gasteiger partial charge < -0.3 is 5.32 Å². The van der Waals surface area contributed by atoms with Gasteiger partial charge in [-0.3, -0.25) is 0 Å². The van der Waals surface area contributed by atoms with Crippen LogP contribution in [0.4, 0.5) is 0 Å². The van der Waals surface area contributed by atoms with Crippen molar-refractivity contribution < 1.29 is 0 Å². The summed E-state index contributed by atoms with van der Waals surface area (Å²) in [4.78, 5) is 2.39. The SMILES string of the molecule is CC(C)(C)NCc1ccc(Sc2cccc(Cl)c2)cc1. The van der Waals surface area contributed by atoms with E-state index in [4.69, 9.17) is 11.6 Å². The topological polar surface area (TPSA) is 12.0 Å². The third kappa shape index (κ3) is 5.20. The van der Waals surface area contributed by atoms with E-state index < -0.39 is 0 Å². The Kier molecular flexibility index (Phi) is 5.14. The minimum atomic E-state index is 0.147. The van der Waals surface area contributed by atoms with E-state index in [1.807, 2.05) is 18.2 Å². The van der Waals surface area contributed by atoms with E-state index in [1.54, 1.807) is 11.8 Å². The first kappa shape index (κ1) is 15.4. The van der Waals surface area contributed by atoms with Gasteiger partial charge in [0.25, 0.3) is 0 Å². The lowest BCUT2D eigenvalue weighted by Gasteiger charge is -2.20. The highest BCUT2D eigenvalue weighted by atomic mass is 35.5. The van der Waals surface area contributed by atoms with Crippen molar-refractivity contribution >= 4 is 23.4 Å². The first-order valence-corrected chi connectivity index (χ1v) is 7.89. The second-order valence-electron chi connectivity index (χ2n) is 5.81. The fourth-order valence-electron chi connectivity index (χ4n) is 1.71. The molecule has 0 bridgehead atoms. The molecule has 0 aliphatic carbocycles. The van der Waals surface area contributed by atoms with Crippen LogP contribution in [-0.4, -0.2) is 5.54 Å². The van der Waals surface area contributed by atoms with Gasteiger partial charge in [-0.1, -0.05) is 41.6 Å². The predicted octanol–water partition coefficient (Wildman–Crippen LogP) is 5.38. The van der Waals surface area contributed by atoms with Crippen molar-refractivity contribution in [2.24, 2.45) is 0 Å². The van der Waals surface area contributed by atoms with Gasteiger partial charge in [0.05, 0.1) is 0 Å². The molecule has 0 amide bonds. The Morgan fingerprint density at radius 2 is 1.70 bits per heavy atom. The van der Waals surface area contributed by atoms with E-state index >= 15 is 0 Å². The largest absolute Gasteiger partial charge is 0.308 e. The third-order valence-corrected chi connectivity index (χ3v) is 4.01. The number of hydrogen-bond donors (Lipinski definition) is 1. The highest BCUT2D eigenvalue weighted by molar-refractivity contribution is 7.99. The molecule has 0 aliphatic rings. The van der Waals surface area contributed by atoms with Crippen LogP contribution in [0.2, 0.25) is 5.02 Å². The second kappa shape index (κ2) is 6.66. The zero-order chi connectivity index (χ0) is 14.6. The quantitative estimate of drug-likeness (QED) is 0.814. The van der Waals surface area contributed by atoms with Crippen molar-refractivity contribution in [3.63, 3.8) is 0 Å². The molecule has 0 fully saturated rings. The average molecular weight is 306 g/mol. The van der Waals surface area contributed by atoms with Gasteiger partial charge in [0.1, 0.15) is 0 Å². The molecule has 0 saturated carbocycles. The molecule has 2 aromatic rings. The first-order chi connectivity index (χ1) is 9.42. The Morgan fingerprint density at radius 1 is 1.00 bits per heavy atom. The molecule has 0 spiro atoms. The lowest BCUT2D eigenvalue weighted by molar-refractivity contribution is 0.424. The van der Waals surface area contributed by atoms with E-state index in [1.165, 1.54) is 10.5 Å². The molecule has 2 aromatic carbocycles. The summed E-state index contributed by atoms with van der Waals surface area (Å²) >= 11 is 7.73. The van der Waals surface area contributed by atoms with Crippen LogP contribution in [-0.2, 0) is 6.54 Å². The van der Waals surface area contributed by atoms with Gasteiger partial charge >= 0.3 is 0 Å². The van der Waals surface area contributed by atoms with Gasteiger partial charge in [-0.05, 0) is 56.7 Å². The lowest BCUT2D eigenvalue weighted by Crippen LogP contribution is -2.35. The van der Waals surface area contributed by atoms with Crippen molar-refractivity contribution in [1.82, 2.24) is 5.32 Å². The highest BCUT2D eigenvalue weighted by Gasteiger charge is 2.08. The van der Waals surface area contributed by atoms with Crippen molar-refractivity contribution in [3.05, 3.63) is 59.1 Å². The van der Waals surface area contributed by atoms with E-state index in [9.17, 15) is 0 Å². The maximum absolute atomic E-state index is 6.00. The molecule has 0 aliphatic heterocycles. The van der Waals surface area contributed by atoms with Crippen molar-refractivity contribution in [2.45, 2.75) is 42.6 Å². The molecule has 2 rings (SSSR count). The molecule has 1 nitrogen and oxygen atoms in total. The summed E-state index contributed by atoms with van der Waals surface area (Å²) in [7, 11) is 0. The summed E-state index contributed by atoms with van der Waals surface area (Å²) in [6, 6.07) is 16.6. The fraction of sp³-hybridized carbons (Fsp3) is 0.294. The monoisotopic (exact) mass is 305 g/mol. The third-order valence-electron chi connectivity index (χ3n) is 2.78. The van der Waals surface area contributed by atoms with Gasteiger partial charge in [-0.15, -0.1) is 0 Å². The van der Waals surface area contributed by atoms with Gasteiger partial charge in [0, 0.05) is 26.9 Å². The maximum atomic E-state index is 6.00. The number of halogens is 1. The smallest absolute Gasteiger partial charge is 0.0417 e. The maximum Gasteiger partial charge on any atom is 0.0417 e. The highest BCUT2D eigenvalue weighted by Crippen LogP contribution is 2.29. The number of hydrogen-bond acceptors (Lipinski definition) is 2. The predicted molar refractivity (Wildman–Crippen MR) is 88.6 cm³/mol. The zero-order valence-corrected chi connectivity index (χ0v) is 13.7. The molecule has 0 saturated heterocycles. The molecular formula is C17H20ClNS.